The van der Waals surface area contributed by atoms with Gasteiger partial charge in [-0.1, -0.05) is 0 Å². The van der Waals surface area contributed by atoms with E-state index in [9.17, 15) is 0 Å². The molecule has 0 amide bonds. The molecule has 0 bridgehead atoms. The Balaban J connectivity index is 0.00000289. The molecule has 0 aliphatic carbocycles. The Labute approximate surface area is 118 Å². The predicted octanol–water partition coefficient (Wildman–Crippen LogP) is 1.39. The minimum atomic E-state index is 0. The first-order chi connectivity index (χ1) is 8.33. The summed E-state index contributed by atoms with van der Waals surface area (Å²) in [7, 11) is 2.19. The molecule has 0 aromatic carbocycles. The molecule has 1 N–H and O–H groups in total. The zero-order valence-electron chi connectivity index (χ0n) is 11.8. The third-order valence-corrected chi connectivity index (χ3v) is 3.22. The summed E-state index contributed by atoms with van der Waals surface area (Å²) in [6, 6.07) is 0. The number of rotatable bonds is 9. The van der Waals surface area contributed by atoms with Gasteiger partial charge in [0.15, 0.2) is 0 Å². The Kier molecular flexibility index (Phi) is 12.3. The van der Waals surface area contributed by atoms with Crippen molar-refractivity contribution in [2.75, 3.05) is 59.7 Å². The molecule has 18 heavy (non-hydrogen) atoms. The summed E-state index contributed by atoms with van der Waals surface area (Å²) in [5.74, 6) is 0.865. The van der Waals surface area contributed by atoms with Crippen molar-refractivity contribution >= 4 is 12.4 Å². The maximum Gasteiger partial charge on any atom is 0.0701 e. The quantitative estimate of drug-likeness (QED) is 0.647. The van der Waals surface area contributed by atoms with Gasteiger partial charge in [0.2, 0.25) is 0 Å². The summed E-state index contributed by atoms with van der Waals surface area (Å²) >= 11 is 0. The van der Waals surface area contributed by atoms with E-state index in [4.69, 9.17) is 9.47 Å². The molecule has 1 aliphatic heterocycles. The van der Waals surface area contributed by atoms with E-state index in [0.717, 1.165) is 32.3 Å². The smallest absolute Gasteiger partial charge is 0.0701 e. The fourth-order valence-electron chi connectivity index (χ4n) is 2.18. The molecule has 1 aliphatic rings. The van der Waals surface area contributed by atoms with Gasteiger partial charge in [-0.2, -0.15) is 0 Å². The number of likely N-dealkylation sites (N-methyl/N-ethyl adjacent to an activating group) is 1. The van der Waals surface area contributed by atoms with Gasteiger partial charge in [0, 0.05) is 19.7 Å². The lowest BCUT2D eigenvalue weighted by atomic mass is 9.98. The van der Waals surface area contributed by atoms with Gasteiger partial charge in [-0.3, -0.25) is 0 Å². The first-order valence-corrected chi connectivity index (χ1v) is 6.87. The normalized spacial score (nSPS) is 16.8. The van der Waals surface area contributed by atoms with Crippen molar-refractivity contribution < 1.29 is 9.47 Å². The van der Waals surface area contributed by atoms with Crippen LogP contribution in [0, 0.1) is 5.92 Å². The van der Waals surface area contributed by atoms with E-state index in [1.165, 1.54) is 32.5 Å². The van der Waals surface area contributed by atoms with Crippen LogP contribution in [-0.2, 0) is 9.47 Å². The molecule has 0 atom stereocenters. The average molecular weight is 281 g/mol. The molecule has 0 spiro atoms. The van der Waals surface area contributed by atoms with Crippen molar-refractivity contribution in [2.24, 2.45) is 5.92 Å². The van der Waals surface area contributed by atoms with Gasteiger partial charge in [0.1, 0.15) is 0 Å². The van der Waals surface area contributed by atoms with Crippen LogP contribution in [0.2, 0.25) is 0 Å². The fraction of sp³-hybridized carbons (Fsp3) is 1.00. The monoisotopic (exact) mass is 280 g/mol. The number of hydrogen-bond donors (Lipinski definition) is 1. The van der Waals surface area contributed by atoms with Gasteiger partial charge in [-0.25, -0.2) is 0 Å². The van der Waals surface area contributed by atoms with E-state index in [-0.39, 0.29) is 12.4 Å². The largest absolute Gasteiger partial charge is 0.379 e. The lowest BCUT2D eigenvalue weighted by Gasteiger charge is -2.27. The third kappa shape index (κ3) is 9.11. The third-order valence-electron chi connectivity index (χ3n) is 3.22. The second-order valence-corrected chi connectivity index (χ2v) is 4.76. The van der Waals surface area contributed by atoms with Crippen molar-refractivity contribution in [1.29, 1.82) is 0 Å². The fourth-order valence-corrected chi connectivity index (χ4v) is 2.18. The molecule has 110 valence electrons. The van der Waals surface area contributed by atoms with Gasteiger partial charge in [0.05, 0.1) is 19.8 Å². The Morgan fingerprint density at radius 2 is 1.78 bits per heavy atom. The number of hydrogen-bond acceptors (Lipinski definition) is 4. The van der Waals surface area contributed by atoms with Crippen LogP contribution in [-0.4, -0.2) is 64.6 Å². The highest BCUT2D eigenvalue weighted by molar-refractivity contribution is 5.85. The molecule has 0 radical (unpaired) electrons. The van der Waals surface area contributed by atoms with Crippen LogP contribution in [0.3, 0.4) is 0 Å². The zero-order chi connectivity index (χ0) is 12.3. The van der Waals surface area contributed by atoms with E-state index in [2.05, 4.69) is 17.3 Å². The van der Waals surface area contributed by atoms with Gasteiger partial charge < -0.3 is 19.7 Å². The standard InChI is InChI=1S/C13H28N2O2.ClH/c1-3-16-10-11-17-9-8-15(2)12-13-4-6-14-7-5-13;/h13-14H,3-12H2,1-2H3;1H. The average Bonchev–Trinajstić information content (AvgIpc) is 2.35. The second kappa shape index (κ2) is 12.2. The Hall–Kier alpha value is 0.130. The van der Waals surface area contributed by atoms with Crippen molar-refractivity contribution in [2.45, 2.75) is 19.8 Å². The molecule has 0 aromatic heterocycles. The Morgan fingerprint density at radius 1 is 1.11 bits per heavy atom. The van der Waals surface area contributed by atoms with Gasteiger partial charge in [0.25, 0.3) is 0 Å². The van der Waals surface area contributed by atoms with Crippen LogP contribution in [0.25, 0.3) is 0 Å². The number of piperidine rings is 1. The van der Waals surface area contributed by atoms with Crippen molar-refractivity contribution in [3.8, 4) is 0 Å². The SMILES string of the molecule is CCOCCOCCN(C)CC1CCNCC1.Cl. The van der Waals surface area contributed by atoms with Crippen LogP contribution >= 0.6 is 12.4 Å². The van der Waals surface area contributed by atoms with E-state index in [1.54, 1.807) is 0 Å². The van der Waals surface area contributed by atoms with E-state index >= 15 is 0 Å². The molecule has 4 nitrogen and oxygen atoms in total. The van der Waals surface area contributed by atoms with Crippen LogP contribution in [0.15, 0.2) is 0 Å². The predicted molar refractivity (Wildman–Crippen MR) is 77.7 cm³/mol. The molecule has 0 aromatic rings. The zero-order valence-corrected chi connectivity index (χ0v) is 12.6. The molecular weight excluding hydrogens is 252 g/mol. The summed E-state index contributed by atoms with van der Waals surface area (Å²) < 4.78 is 10.7. The molecular formula is C13H29ClN2O2. The van der Waals surface area contributed by atoms with E-state index in [1.807, 2.05) is 6.92 Å². The molecule has 0 saturated carbocycles. The molecule has 5 heteroatoms. The summed E-state index contributed by atoms with van der Waals surface area (Å²) in [4.78, 5) is 2.39. The molecule has 1 heterocycles. The number of nitrogens with one attached hydrogen (secondary N) is 1. The maximum atomic E-state index is 5.52. The van der Waals surface area contributed by atoms with Crippen LogP contribution in [0.5, 0.6) is 0 Å². The van der Waals surface area contributed by atoms with Crippen molar-refractivity contribution in [3.05, 3.63) is 0 Å². The van der Waals surface area contributed by atoms with Gasteiger partial charge in [-0.05, 0) is 45.8 Å². The highest BCUT2D eigenvalue weighted by Crippen LogP contribution is 2.12. The Bertz CT molecular complexity index is 178. The van der Waals surface area contributed by atoms with Crippen molar-refractivity contribution in [3.63, 3.8) is 0 Å². The van der Waals surface area contributed by atoms with Gasteiger partial charge >= 0.3 is 0 Å². The topological polar surface area (TPSA) is 33.7 Å². The lowest BCUT2D eigenvalue weighted by molar-refractivity contribution is 0.0435. The lowest BCUT2D eigenvalue weighted by Crippen LogP contribution is -2.35. The molecule has 1 rings (SSSR count). The van der Waals surface area contributed by atoms with E-state index in [0.29, 0.717) is 6.61 Å². The van der Waals surface area contributed by atoms with Crippen LogP contribution < -0.4 is 5.32 Å². The number of ether oxygens (including phenoxy) is 2. The first-order valence-electron chi connectivity index (χ1n) is 6.87. The molecule has 0 unspecified atom stereocenters. The number of nitrogens with zero attached hydrogens (tertiary/aromatic N) is 1. The van der Waals surface area contributed by atoms with Crippen LogP contribution in [0.4, 0.5) is 0 Å². The summed E-state index contributed by atoms with van der Waals surface area (Å²) in [5.41, 5.74) is 0. The highest BCUT2D eigenvalue weighted by Gasteiger charge is 2.14. The molecule has 1 saturated heterocycles. The number of halogens is 1. The Morgan fingerprint density at radius 3 is 2.44 bits per heavy atom. The maximum absolute atomic E-state index is 5.52. The van der Waals surface area contributed by atoms with Crippen molar-refractivity contribution in [1.82, 2.24) is 10.2 Å². The summed E-state index contributed by atoms with van der Waals surface area (Å²) in [5, 5.41) is 3.40. The first kappa shape index (κ1) is 18.1. The van der Waals surface area contributed by atoms with Gasteiger partial charge in [-0.15, -0.1) is 12.4 Å². The second-order valence-electron chi connectivity index (χ2n) is 4.76. The molecule has 1 fully saturated rings. The minimum Gasteiger partial charge on any atom is -0.379 e. The summed E-state index contributed by atoms with van der Waals surface area (Å²) in [6.45, 7) is 9.63. The van der Waals surface area contributed by atoms with Crippen LogP contribution in [0.1, 0.15) is 19.8 Å². The highest BCUT2D eigenvalue weighted by atomic mass is 35.5. The van der Waals surface area contributed by atoms with E-state index < -0.39 is 0 Å². The summed E-state index contributed by atoms with van der Waals surface area (Å²) in [6.07, 6.45) is 2.63. The minimum absolute atomic E-state index is 0.